The zero-order valence-corrected chi connectivity index (χ0v) is 19.1. The molecule has 1 fully saturated rings. The average molecular weight is 442 g/mol. The second-order valence-electron chi connectivity index (χ2n) is 9.25. The Morgan fingerprint density at radius 2 is 1.58 bits per heavy atom. The number of aryl methyl sites for hydroxylation is 1. The van der Waals surface area contributed by atoms with E-state index in [1.807, 2.05) is 18.2 Å². The molecule has 4 rings (SSSR count). The Morgan fingerprint density at radius 3 is 2.27 bits per heavy atom. The zero-order valence-electron chi connectivity index (χ0n) is 19.1. The van der Waals surface area contributed by atoms with Crippen LogP contribution in [0.1, 0.15) is 74.1 Å². The Bertz CT molecular complexity index is 1230. The lowest BCUT2D eigenvalue weighted by Crippen LogP contribution is -2.15. The van der Waals surface area contributed by atoms with Gasteiger partial charge in [0.1, 0.15) is 17.7 Å². The lowest BCUT2D eigenvalue weighted by molar-refractivity contribution is 0.252. The first-order chi connectivity index (χ1) is 16.1. The van der Waals surface area contributed by atoms with E-state index < -0.39 is 5.82 Å². The van der Waals surface area contributed by atoms with Crippen molar-refractivity contribution in [1.29, 1.82) is 5.26 Å². The van der Waals surface area contributed by atoms with Gasteiger partial charge in [0.05, 0.1) is 11.1 Å². The number of hydrogen-bond acceptors (Lipinski definition) is 1. The van der Waals surface area contributed by atoms with Gasteiger partial charge in [0.25, 0.3) is 0 Å². The predicted molar refractivity (Wildman–Crippen MR) is 130 cm³/mol. The van der Waals surface area contributed by atoms with Crippen molar-refractivity contribution in [2.75, 3.05) is 0 Å². The smallest absolute Gasteiger partial charge is 0.146 e. The summed E-state index contributed by atoms with van der Waals surface area (Å²) in [4.78, 5) is 0. The van der Waals surface area contributed by atoms with Crippen molar-refractivity contribution in [1.82, 2.24) is 0 Å². The minimum absolute atomic E-state index is 0.0302. The molecule has 0 spiro atoms. The molecule has 33 heavy (non-hydrogen) atoms. The number of halogens is 2. The largest absolute Gasteiger partial charge is 0.206 e. The van der Waals surface area contributed by atoms with Crippen LogP contribution in [0.3, 0.4) is 0 Å². The molecule has 1 saturated carbocycles. The van der Waals surface area contributed by atoms with E-state index in [-0.39, 0.29) is 16.9 Å². The minimum atomic E-state index is -0.621. The summed E-state index contributed by atoms with van der Waals surface area (Å²) in [5, 5.41) is 10.3. The lowest BCUT2D eigenvalue weighted by atomic mass is 9.78. The molecule has 3 aromatic rings. The zero-order chi connectivity index (χ0) is 23.2. The van der Waals surface area contributed by atoms with Gasteiger partial charge < -0.3 is 0 Å². The normalized spacial score (nSPS) is 17.9. The van der Waals surface area contributed by atoms with E-state index in [2.05, 4.69) is 24.8 Å². The molecular weight excluding hydrogens is 412 g/mol. The summed E-state index contributed by atoms with van der Waals surface area (Å²) in [6.45, 7) is 2.28. The van der Waals surface area contributed by atoms with Crippen LogP contribution in [0.2, 0.25) is 0 Å². The number of nitrogens with zero attached hydrogens (tertiary/aromatic N) is 1. The highest BCUT2D eigenvalue weighted by atomic mass is 19.1. The molecule has 0 atom stereocenters. The van der Waals surface area contributed by atoms with Gasteiger partial charge in [-0.15, -0.1) is 0 Å². The number of hydrogen-bond donors (Lipinski definition) is 0. The highest BCUT2D eigenvalue weighted by Gasteiger charge is 2.20. The van der Waals surface area contributed by atoms with Gasteiger partial charge in [0.2, 0.25) is 0 Å². The Morgan fingerprint density at radius 1 is 0.848 bits per heavy atom. The highest BCUT2D eigenvalue weighted by Crippen LogP contribution is 2.34. The molecule has 0 aliphatic heterocycles. The van der Waals surface area contributed by atoms with Crippen LogP contribution in [0.15, 0.2) is 48.5 Å². The molecule has 0 radical (unpaired) electrons. The third-order valence-electron chi connectivity index (χ3n) is 6.95. The maximum atomic E-state index is 15.1. The molecule has 1 aliphatic carbocycles. The fourth-order valence-corrected chi connectivity index (χ4v) is 5.00. The summed E-state index contributed by atoms with van der Waals surface area (Å²) in [5.74, 6) is 6.38. The van der Waals surface area contributed by atoms with Crippen LogP contribution in [0.25, 0.3) is 10.8 Å². The molecule has 0 unspecified atom stereocenters. The van der Waals surface area contributed by atoms with Crippen molar-refractivity contribution in [2.45, 2.75) is 58.3 Å². The van der Waals surface area contributed by atoms with Gasteiger partial charge in [0, 0.05) is 10.9 Å². The third kappa shape index (κ3) is 5.61. The molecule has 0 aromatic heterocycles. The van der Waals surface area contributed by atoms with E-state index in [4.69, 9.17) is 5.26 Å². The van der Waals surface area contributed by atoms with E-state index >= 15 is 4.39 Å². The van der Waals surface area contributed by atoms with Gasteiger partial charge in [-0.1, -0.05) is 81.6 Å². The minimum Gasteiger partial charge on any atom is -0.206 e. The Hall–Kier alpha value is -3.17. The standard InChI is InChI=1S/C30H29F2N/c1-2-3-21-4-6-22(7-5-21)8-9-23-12-17-28-26(18-23)16-15-25(30(28)32)13-10-24-11-14-27(20-33)29(31)19-24/h11-12,14-19,21-22H,2-9H2,1H3. The summed E-state index contributed by atoms with van der Waals surface area (Å²) < 4.78 is 28.8. The van der Waals surface area contributed by atoms with Crippen LogP contribution in [-0.2, 0) is 6.42 Å². The quantitative estimate of drug-likeness (QED) is 0.369. The van der Waals surface area contributed by atoms with Crippen molar-refractivity contribution >= 4 is 10.8 Å². The number of nitriles is 1. The van der Waals surface area contributed by atoms with Crippen molar-refractivity contribution in [3.8, 4) is 17.9 Å². The molecule has 0 N–H and O–H groups in total. The number of benzene rings is 3. The fourth-order valence-electron chi connectivity index (χ4n) is 5.00. The van der Waals surface area contributed by atoms with Gasteiger partial charge in [-0.3, -0.25) is 0 Å². The molecule has 3 heteroatoms. The van der Waals surface area contributed by atoms with E-state index in [0.29, 0.717) is 10.9 Å². The first-order valence-electron chi connectivity index (χ1n) is 12.0. The van der Waals surface area contributed by atoms with Gasteiger partial charge in [-0.2, -0.15) is 5.26 Å². The van der Waals surface area contributed by atoms with Gasteiger partial charge in [-0.05, 0) is 59.9 Å². The SMILES string of the molecule is CCCC1CCC(CCc2ccc3c(F)c(C#Cc4ccc(C#N)c(F)c4)ccc3c2)CC1. The highest BCUT2D eigenvalue weighted by molar-refractivity contribution is 5.85. The molecule has 1 nitrogen and oxygen atoms in total. The Balaban J connectivity index is 1.44. The second kappa shape index (κ2) is 10.6. The van der Waals surface area contributed by atoms with Crippen molar-refractivity contribution < 1.29 is 8.78 Å². The van der Waals surface area contributed by atoms with Crippen LogP contribution in [0.4, 0.5) is 8.78 Å². The first kappa shape index (κ1) is 23.0. The van der Waals surface area contributed by atoms with E-state index in [1.165, 1.54) is 62.6 Å². The molecule has 0 heterocycles. The van der Waals surface area contributed by atoms with E-state index in [9.17, 15) is 4.39 Å². The lowest BCUT2D eigenvalue weighted by Gasteiger charge is -2.28. The maximum absolute atomic E-state index is 15.1. The first-order valence-corrected chi connectivity index (χ1v) is 12.0. The topological polar surface area (TPSA) is 23.8 Å². The molecule has 0 saturated heterocycles. The summed E-state index contributed by atoms with van der Waals surface area (Å²) in [7, 11) is 0. The van der Waals surface area contributed by atoms with Crippen LogP contribution in [0.5, 0.6) is 0 Å². The van der Waals surface area contributed by atoms with Crippen molar-refractivity contribution in [3.63, 3.8) is 0 Å². The van der Waals surface area contributed by atoms with Crippen LogP contribution >= 0.6 is 0 Å². The molecule has 3 aromatic carbocycles. The van der Waals surface area contributed by atoms with Crippen molar-refractivity contribution in [3.05, 3.63) is 82.4 Å². The molecular formula is C30H29F2N. The molecule has 0 bridgehead atoms. The average Bonchev–Trinajstić information content (AvgIpc) is 2.83. The summed E-state index contributed by atoms with van der Waals surface area (Å²) in [5.41, 5.74) is 1.91. The predicted octanol–water partition coefficient (Wildman–Crippen LogP) is 7.93. The summed E-state index contributed by atoms with van der Waals surface area (Å²) >= 11 is 0. The maximum Gasteiger partial charge on any atom is 0.146 e. The molecule has 1 aliphatic rings. The Kier molecular flexibility index (Phi) is 7.41. The van der Waals surface area contributed by atoms with Gasteiger partial charge >= 0.3 is 0 Å². The number of fused-ring (bicyclic) bond motifs is 1. The molecule has 168 valence electrons. The van der Waals surface area contributed by atoms with E-state index in [0.717, 1.165) is 23.6 Å². The van der Waals surface area contributed by atoms with Crippen LogP contribution < -0.4 is 0 Å². The van der Waals surface area contributed by atoms with Crippen LogP contribution in [-0.4, -0.2) is 0 Å². The number of rotatable bonds is 5. The molecule has 0 amide bonds. The van der Waals surface area contributed by atoms with Crippen LogP contribution in [0, 0.1) is 46.6 Å². The third-order valence-corrected chi connectivity index (χ3v) is 6.95. The fraction of sp³-hybridized carbons (Fsp3) is 0.367. The summed E-state index contributed by atoms with van der Waals surface area (Å²) in [6, 6.07) is 15.5. The van der Waals surface area contributed by atoms with Gasteiger partial charge in [0.15, 0.2) is 0 Å². The summed E-state index contributed by atoms with van der Waals surface area (Å²) in [6.07, 6.45) is 10.4. The van der Waals surface area contributed by atoms with Crippen molar-refractivity contribution in [2.24, 2.45) is 11.8 Å². The second-order valence-corrected chi connectivity index (χ2v) is 9.25. The monoisotopic (exact) mass is 441 g/mol. The van der Waals surface area contributed by atoms with E-state index in [1.54, 1.807) is 18.2 Å². The Labute approximate surface area is 195 Å². The van der Waals surface area contributed by atoms with Gasteiger partial charge in [-0.25, -0.2) is 8.78 Å².